The Bertz CT molecular complexity index is 708. The number of hydrogen-bond acceptors (Lipinski definition) is 3. The molecule has 0 bridgehead atoms. The molecule has 3 rings (SSSR count). The zero-order valence-electron chi connectivity index (χ0n) is 15.4. The number of nitrogens with one attached hydrogen (secondary N) is 1. The topological polar surface area (TPSA) is 50.2 Å². The first-order valence-corrected chi connectivity index (χ1v) is 9.27. The largest absolute Gasteiger partial charge is 0.349 e. The van der Waals surface area contributed by atoms with Gasteiger partial charge in [0.1, 0.15) is 5.69 Å². The molecule has 0 unspecified atom stereocenters. The highest BCUT2D eigenvalue weighted by molar-refractivity contribution is 5.93. The van der Waals surface area contributed by atoms with Gasteiger partial charge < -0.3 is 5.32 Å². The third kappa shape index (κ3) is 3.93. The molecule has 1 aromatic carbocycles. The van der Waals surface area contributed by atoms with Gasteiger partial charge >= 0.3 is 0 Å². The Kier molecular flexibility index (Phi) is 5.53. The van der Waals surface area contributed by atoms with Crippen LogP contribution in [-0.4, -0.2) is 46.3 Å². The van der Waals surface area contributed by atoms with Crippen molar-refractivity contribution in [1.82, 2.24) is 20.0 Å². The van der Waals surface area contributed by atoms with Gasteiger partial charge in [-0.05, 0) is 50.0 Å². The van der Waals surface area contributed by atoms with E-state index in [0.717, 1.165) is 30.9 Å². The van der Waals surface area contributed by atoms with Gasteiger partial charge in [-0.1, -0.05) is 39.0 Å². The maximum absolute atomic E-state index is 12.8. The fourth-order valence-electron chi connectivity index (χ4n) is 3.45. The van der Waals surface area contributed by atoms with Crippen LogP contribution in [0.25, 0.3) is 5.69 Å². The number of aromatic nitrogens is 2. The Hall–Kier alpha value is -2.14. The zero-order chi connectivity index (χ0) is 17.8. The lowest BCUT2D eigenvalue weighted by Crippen LogP contribution is -2.40. The zero-order valence-corrected chi connectivity index (χ0v) is 15.4. The average molecular weight is 340 g/mol. The van der Waals surface area contributed by atoms with Gasteiger partial charge in [0.25, 0.3) is 5.91 Å². The molecule has 0 saturated carbocycles. The first-order valence-electron chi connectivity index (χ1n) is 9.27. The summed E-state index contributed by atoms with van der Waals surface area (Å²) in [5, 5.41) is 7.78. The number of benzene rings is 1. The fraction of sp³-hybridized carbons (Fsp3) is 0.500. The predicted molar refractivity (Wildman–Crippen MR) is 100 cm³/mol. The Morgan fingerprint density at radius 1 is 1.32 bits per heavy atom. The predicted octanol–water partition coefficient (Wildman–Crippen LogP) is 3.21. The van der Waals surface area contributed by atoms with E-state index in [-0.39, 0.29) is 11.8 Å². The summed E-state index contributed by atoms with van der Waals surface area (Å²) in [7, 11) is 0. The SMILES string of the molecule is CCN1CCC[C@H]1CNC(=O)c1cc(C(C)C)nn1-c1ccccc1. The van der Waals surface area contributed by atoms with E-state index in [1.807, 2.05) is 36.4 Å². The smallest absolute Gasteiger partial charge is 0.270 e. The highest BCUT2D eigenvalue weighted by Gasteiger charge is 2.24. The maximum atomic E-state index is 12.8. The summed E-state index contributed by atoms with van der Waals surface area (Å²) in [4.78, 5) is 15.3. The molecule has 1 saturated heterocycles. The lowest BCUT2D eigenvalue weighted by atomic mass is 10.1. The van der Waals surface area contributed by atoms with Crippen LogP contribution in [0, 0.1) is 0 Å². The third-order valence-corrected chi connectivity index (χ3v) is 4.96. The van der Waals surface area contributed by atoms with E-state index in [0.29, 0.717) is 18.3 Å². The van der Waals surface area contributed by atoms with Gasteiger partial charge in [-0.25, -0.2) is 4.68 Å². The van der Waals surface area contributed by atoms with Crippen molar-refractivity contribution in [3.8, 4) is 5.69 Å². The van der Waals surface area contributed by atoms with Crippen molar-refractivity contribution in [2.45, 2.75) is 45.6 Å². The van der Waals surface area contributed by atoms with E-state index in [1.165, 1.54) is 6.42 Å². The van der Waals surface area contributed by atoms with Crippen LogP contribution < -0.4 is 5.32 Å². The maximum Gasteiger partial charge on any atom is 0.270 e. The first kappa shape index (κ1) is 17.7. The van der Waals surface area contributed by atoms with Crippen molar-refractivity contribution in [3.63, 3.8) is 0 Å². The van der Waals surface area contributed by atoms with Crippen LogP contribution in [-0.2, 0) is 0 Å². The number of nitrogens with zero attached hydrogens (tertiary/aromatic N) is 3. The molecule has 25 heavy (non-hydrogen) atoms. The van der Waals surface area contributed by atoms with Gasteiger partial charge in [0, 0.05) is 12.6 Å². The van der Waals surface area contributed by atoms with E-state index in [1.54, 1.807) is 4.68 Å². The van der Waals surface area contributed by atoms with Gasteiger partial charge in [-0.3, -0.25) is 9.69 Å². The number of para-hydroxylation sites is 1. The van der Waals surface area contributed by atoms with Crippen molar-refractivity contribution < 1.29 is 4.79 Å². The van der Waals surface area contributed by atoms with Crippen molar-refractivity contribution in [3.05, 3.63) is 47.8 Å². The molecule has 1 N–H and O–H groups in total. The summed E-state index contributed by atoms with van der Waals surface area (Å²) in [6.45, 7) is 9.24. The van der Waals surface area contributed by atoms with Gasteiger partial charge in [-0.2, -0.15) is 5.10 Å². The normalized spacial score (nSPS) is 18.0. The molecule has 2 heterocycles. The molecule has 2 aromatic rings. The molecule has 1 aliphatic rings. The number of hydrogen-bond donors (Lipinski definition) is 1. The molecule has 5 heteroatoms. The number of likely N-dealkylation sites (N-methyl/N-ethyl adjacent to an activating group) is 1. The van der Waals surface area contributed by atoms with Crippen LogP contribution >= 0.6 is 0 Å². The number of likely N-dealkylation sites (tertiary alicyclic amines) is 1. The summed E-state index contributed by atoms with van der Waals surface area (Å²) < 4.78 is 1.76. The number of amides is 1. The second-order valence-electron chi connectivity index (χ2n) is 6.99. The molecule has 1 fully saturated rings. The Morgan fingerprint density at radius 2 is 2.08 bits per heavy atom. The van der Waals surface area contributed by atoms with Gasteiger partial charge in [0.15, 0.2) is 0 Å². The van der Waals surface area contributed by atoms with Crippen molar-refractivity contribution >= 4 is 5.91 Å². The van der Waals surface area contributed by atoms with E-state index < -0.39 is 0 Å². The van der Waals surface area contributed by atoms with E-state index in [4.69, 9.17) is 0 Å². The number of rotatable bonds is 6. The van der Waals surface area contributed by atoms with Crippen LogP contribution in [0.2, 0.25) is 0 Å². The molecule has 1 atom stereocenters. The molecule has 0 spiro atoms. The minimum absolute atomic E-state index is 0.0498. The summed E-state index contributed by atoms with van der Waals surface area (Å²) in [5.74, 6) is 0.230. The van der Waals surface area contributed by atoms with E-state index in [9.17, 15) is 4.79 Å². The molecule has 0 aliphatic carbocycles. The molecule has 5 nitrogen and oxygen atoms in total. The molecule has 134 valence electrons. The molecule has 1 amide bonds. The third-order valence-electron chi connectivity index (χ3n) is 4.96. The lowest BCUT2D eigenvalue weighted by Gasteiger charge is -2.22. The monoisotopic (exact) mass is 340 g/mol. The summed E-state index contributed by atoms with van der Waals surface area (Å²) in [5.41, 5.74) is 2.46. The second kappa shape index (κ2) is 7.83. The van der Waals surface area contributed by atoms with Gasteiger partial charge in [-0.15, -0.1) is 0 Å². The highest BCUT2D eigenvalue weighted by atomic mass is 16.2. The minimum atomic E-state index is -0.0498. The highest BCUT2D eigenvalue weighted by Crippen LogP contribution is 2.19. The van der Waals surface area contributed by atoms with Crippen LogP contribution in [0.5, 0.6) is 0 Å². The second-order valence-corrected chi connectivity index (χ2v) is 6.99. The summed E-state index contributed by atoms with van der Waals surface area (Å²) in [6, 6.07) is 12.2. The number of carbonyl (C=O) groups is 1. The van der Waals surface area contributed by atoms with Crippen LogP contribution in [0.4, 0.5) is 0 Å². The number of carbonyl (C=O) groups excluding carboxylic acids is 1. The molecule has 1 aliphatic heterocycles. The Labute approximate surface area is 150 Å². The first-order chi connectivity index (χ1) is 12.1. The van der Waals surface area contributed by atoms with Crippen LogP contribution in [0.15, 0.2) is 36.4 Å². The average Bonchev–Trinajstić information content (AvgIpc) is 3.27. The molecular formula is C20H28N4O. The van der Waals surface area contributed by atoms with Crippen molar-refractivity contribution in [2.24, 2.45) is 0 Å². The summed E-state index contributed by atoms with van der Waals surface area (Å²) >= 11 is 0. The minimum Gasteiger partial charge on any atom is -0.349 e. The summed E-state index contributed by atoms with van der Waals surface area (Å²) in [6.07, 6.45) is 2.37. The van der Waals surface area contributed by atoms with Crippen LogP contribution in [0.1, 0.15) is 55.7 Å². The van der Waals surface area contributed by atoms with Gasteiger partial charge in [0.2, 0.25) is 0 Å². The van der Waals surface area contributed by atoms with E-state index in [2.05, 4.69) is 36.1 Å². The van der Waals surface area contributed by atoms with Crippen LogP contribution in [0.3, 0.4) is 0 Å². The van der Waals surface area contributed by atoms with Gasteiger partial charge in [0.05, 0.1) is 11.4 Å². The quantitative estimate of drug-likeness (QED) is 0.878. The molecular weight excluding hydrogens is 312 g/mol. The van der Waals surface area contributed by atoms with Crippen molar-refractivity contribution in [2.75, 3.05) is 19.6 Å². The molecule has 1 aromatic heterocycles. The van der Waals surface area contributed by atoms with E-state index >= 15 is 0 Å². The Morgan fingerprint density at radius 3 is 2.76 bits per heavy atom. The van der Waals surface area contributed by atoms with Crippen molar-refractivity contribution in [1.29, 1.82) is 0 Å². The fourth-order valence-corrected chi connectivity index (χ4v) is 3.45. The lowest BCUT2D eigenvalue weighted by molar-refractivity contribution is 0.0933. The standard InChI is InChI=1S/C20H28N4O/c1-4-23-12-8-11-17(23)14-21-20(25)19-13-18(15(2)3)22-24(19)16-9-6-5-7-10-16/h5-7,9-10,13,15,17H,4,8,11-12,14H2,1-3H3,(H,21,25)/t17-/m0/s1. The molecule has 0 radical (unpaired) electrons. The Balaban J connectivity index is 1.79.